The first-order chi connectivity index (χ1) is 7.68. The van der Waals surface area contributed by atoms with E-state index in [1.54, 1.807) is 24.3 Å². The molecule has 0 saturated heterocycles. The lowest BCUT2D eigenvalue weighted by Gasteiger charge is -2.11. The van der Waals surface area contributed by atoms with Gasteiger partial charge in [-0.2, -0.15) is 0 Å². The number of rotatable bonds is 4. The van der Waals surface area contributed by atoms with Gasteiger partial charge in [-0.3, -0.25) is 4.72 Å². The van der Waals surface area contributed by atoms with E-state index < -0.39 is 13.1 Å². The minimum Gasteiger partial charge on any atom is -0.283 e. The largest absolute Gasteiger partial charge is 0.283 e. The van der Waals surface area contributed by atoms with Crippen LogP contribution in [0.4, 0.5) is 5.69 Å². The Hall–Kier alpha value is 0.480. The second kappa shape index (κ2) is 6.08. The Balaban J connectivity index is 2.64. The Morgan fingerprint density at radius 1 is 1.18 bits per heavy atom. The van der Waals surface area contributed by atoms with Crippen LogP contribution in [-0.4, -0.2) is 16.6 Å². The van der Waals surface area contributed by atoms with Gasteiger partial charge in [0.1, 0.15) is 5.08 Å². The average Bonchev–Trinajstić information content (AvgIpc) is 2.18. The Morgan fingerprint density at radius 2 is 1.71 bits per heavy atom. The maximum Gasteiger partial charge on any atom is 0.242 e. The van der Waals surface area contributed by atoms with Gasteiger partial charge in [0.25, 0.3) is 0 Å². The van der Waals surface area contributed by atoms with Crippen LogP contribution in [0.3, 0.4) is 0 Å². The van der Waals surface area contributed by atoms with E-state index in [0.29, 0.717) is 22.5 Å². The minimum atomic E-state index is -3.56. The molecule has 1 aromatic rings. The second-order valence-electron chi connectivity index (χ2n) is 2.93. The predicted octanol–water partition coefficient (Wildman–Crippen LogP) is 4.10. The molecule has 0 saturated carbocycles. The number of alkyl halides is 3. The lowest BCUT2D eigenvalue weighted by atomic mass is 10.3. The summed E-state index contributed by atoms with van der Waals surface area (Å²) in [6.45, 7) is 0. The molecular formula is C8H7Cl4NO2S2. The van der Waals surface area contributed by atoms with Crippen LogP contribution >= 0.6 is 58.2 Å². The molecule has 1 aromatic carbocycles. The van der Waals surface area contributed by atoms with Gasteiger partial charge in [-0.05, 0) is 24.3 Å². The summed E-state index contributed by atoms with van der Waals surface area (Å²) in [6, 6.07) is 6.22. The Bertz CT molecular complexity index is 469. The average molecular weight is 355 g/mol. The van der Waals surface area contributed by atoms with Crippen LogP contribution in [0.25, 0.3) is 0 Å². The van der Waals surface area contributed by atoms with Gasteiger partial charge in [-0.15, -0.1) is 0 Å². The molecule has 1 N–H and O–H groups in total. The predicted molar refractivity (Wildman–Crippen MR) is 76.7 cm³/mol. The lowest BCUT2D eigenvalue weighted by molar-refractivity contribution is 0.606. The second-order valence-corrected chi connectivity index (χ2v) is 9.60. The SMILES string of the molecule is O=S(=O)(CSC(Cl)(Cl)Cl)Nc1ccc(Cl)cc1. The maximum atomic E-state index is 11.6. The topological polar surface area (TPSA) is 46.2 Å². The normalized spacial score (nSPS) is 12.5. The molecule has 0 heterocycles. The summed E-state index contributed by atoms with van der Waals surface area (Å²) < 4.78 is 23.9. The van der Waals surface area contributed by atoms with E-state index in [4.69, 9.17) is 46.4 Å². The highest BCUT2D eigenvalue weighted by atomic mass is 35.6. The molecule has 3 nitrogen and oxygen atoms in total. The van der Waals surface area contributed by atoms with E-state index in [-0.39, 0.29) is 5.08 Å². The van der Waals surface area contributed by atoms with Crippen LogP contribution in [0, 0.1) is 0 Å². The first-order valence-corrected chi connectivity index (χ1v) is 8.30. The summed E-state index contributed by atoms with van der Waals surface area (Å²) >= 11 is 22.7. The third kappa shape index (κ3) is 6.84. The van der Waals surface area contributed by atoms with Crippen molar-refractivity contribution in [2.24, 2.45) is 0 Å². The Labute approximate surface area is 124 Å². The van der Waals surface area contributed by atoms with Crippen molar-refractivity contribution in [2.75, 3.05) is 9.81 Å². The quantitative estimate of drug-likeness (QED) is 0.828. The van der Waals surface area contributed by atoms with Crippen molar-refractivity contribution in [3.63, 3.8) is 0 Å². The first kappa shape index (κ1) is 15.5. The number of benzene rings is 1. The zero-order chi connectivity index (χ0) is 13.1. The van der Waals surface area contributed by atoms with E-state index in [0.717, 1.165) is 0 Å². The summed E-state index contributed by atoms with van der Waals surface area (Å²) in [5, 5.41) is 0.162. The maximum absolute atomic E-state index is 11.6. The number of hydrogen-bond donors (Lipinski definition) is 1. The molecule has 0 spiro atoms. The number of hydrogen-bond acceptors (Lipinski definition) is 3. The molecule has 0 unspecified atom stereocenters. The fraction of sp³-hybridized carbons (Fsp3) is 0.250. The molecule has 0 amide bonds. The number of sulfonamides is 1. The highest BCUT2D eigenvalue weighted by Gasteiger charge is 2.24. The van der Waals surface area contributed by atoms with Crippen LogP contribution in [-0.2, 0) is 10.0 Å². The van der Waals surface area contributed by atoms with Gasteiger partial charge in [0.2, 0.25) is 13.1 Å². The van der Waals surface area contributed by atoms with E-state index in [1.165, 1.54) is 0 Å². The molecule has 9 heteroatoms. The van der Waals surface area contributed by atoms with E-state index in [9.17, 15) is 8.42 Å². The molecule has 0 aliphatic rings. The summed E-state index contributed by atoms with van der Waals surface area (Å²) in [7, 11) is -3.56. The van der Waals surface area contributed by atoms with Crippen molar-refractivity contribution in [2.45, 2.75) is 3.12 Å². The molecule has 1 rings (SSSR count). The summed E-state index contributed by atoms with van der Waals surface area (Å²) in [5.74, 6) is 0. The van der Waals surface area contributed by atoms with Gasteiger partial charge in [-0.25, -0.2) is 8.42 Å². The summed E-state index contributed by atoms with van der Waals surface area (Å²) in [4.78, 5) is 0. The Kier molecular flexibility index (Phi) is 5.56. The highest BCUT2D eigenvalue weighted by Crippen LogP contribution is 2.39. The van der Waals surface area contributed by atoms with Gasteiger partial charge < -0.3 is 0 Å². The van der Waals surface area contributed by atoms with Crippen molar-refractivity contribution >= 4 is 73.9 Å². The van der Waals surface area contributed by atoms with Crippen LogP contribution in [0.2, 0.25) is 5.02 Å². The summed E-state index contributed by atoms with van der Waals surface area (Å²) in [5.41, 5.74) is 0.402. The van der Waals surface area contributed by atoms with Gasteiger partial charge in [0.15, 0.2) is 0 Å². The highest BCUT2D eigenvalue weighted by molar-refractivity contribution is 8.15. The monoisotopic (exact) mass is 353 g/mol. The van der Waals surface area contributed by atoms with Crippen LogP contribution in [0.5, 0.6) is 0 Å². The van der Waals surface area contributed by atoms with Gasteiger partial charge in [0, 0.05) is 10.7 Å². The molecule has 96 valence electrons. The third-order valence-electron chi connectivity index (χ3n) is 1.50. The number of nitrogens with one attached hydrogen (secondary N) is 1. The standard InChI is InChI=1S/C8H7Cl4NO2S2/c9-6-1-3-7(4-2-6)13-17(14,15)5-16-8(10,11)12/h1-4,13H,5H2. The molecular weight excluding hydrogens is 348 g/mol. The molecule has 17 heavy (non-hydrogen) atoms. The van der Waals surface area contributed by atoms with Crippen LogP contribution in [0.15, 0.2) is 24.3 Å². The minimum absolute atomic E-state index is 0.355. The van der Waals surface area contributed by atoms with Crippen LogP contribution in [0.1, 0.15) is 0 Å². The smallest absolute Gasteiger partial charge is 0.242 e. The van der Waals surface area contributed by atoms with Crippen molar-refractivity contribution in [1.29, 1.82) is 0 Å². The van der Waals surface area contributed by atoms with Crippen molar-refractivity contribution in [3.8, 4) is 0 Å². The molecule has 0 radical (unpaired) electrons. The van der Waals surface area contributed by atoms with Gasteiger partial charge >= 0.3 is 0 Å². The molecule has 0 aromatic heterocycles. The number of halogens is 4. The summed E-state index contributed by atoms with van der Waals surface area (Å²) in [6.07, 6.45) is 0. The van der Waals surface area contributed by atoms with E-state index in [1.807, 2.05) is 0 Å². The molecule has 0 aliphatic heterocycles. The molecule has 0 atom stereocenters. The van der Waals surface area contributed by atoms with E-state index in [2.05, 4.69) is 4.72 Å². The molecule has 0 fully saturated rings. The van der Waals surface area contributed by atoms with Gasteiger partial charge in [0.05, 0.1) is 0 Å². The van der Waals surface area contributed by atoms with Crippen molar-refractivity contribution in [1.82, 2.24) is 0 Å². The van der Waals surface area contributed by atoms with Crippen molar-refractivity contribution < 1.29 is 8.42 Å². The number of thioether (sulfide) groups is 1. The molecule has 0 bridgehead atoms. The Morgan fingerprint density at radius 3 is 2.18 bits per heavy atom. The van der Waals surface area contributed by atoms with Crippen molar-refractivity contribution in [3.05, 3.63) is 29.3 Å². The third-order valence-corrected chi connectivity index (χ3v) is 5.32. The van der Waals surface area contributed by atoms with E-state index >= 15 is 0 Å². The first-order valence-electron chi connectivity index (χ1n) is 4.15. The zero-order valence-corrected chi connectivity index (χ0v) is 12.8. The number of anilines is 1. The molecule has 0 aliphatic carbocycles. The zero-order valence-electron chi connectivity index (χ0n) is 8.16. The van der Waals surface area contributed by atoms with Gasteiger partial charge in [-0.1, -0.05) is 58.2 Å². The fourth-order valence-electron chi connectivity index (χ4n) is 0.871. The lowest BCUT2D eigenvalue weighted by Crippen LogP contribution is -2.16. The fourth-order valence-corrected chi connectivity index (χ4v) is 4.09. The van der Waals surface area contributed by atoms with Crippen LogP contribution < -0.4 is 4.72 Å².